The summed E-state index contributed by atoms with van der Waals surface area (Å²) in [5.74, 6) is -1.03. The molecule has 0 fully saturated rings. The molecule has 0 radical (unpaired) electrons. The first-order valence-electron chi connectivity index (χ1n) is 9.84. The molecule has 0 bridgehead atoms. The summed E-state index contributed by atoms with van der Waals surface area (Å²) in [6.07, 6.45) is -3.59. The topological polar surface area (TPSA) is 75.7 Å². The minimum atomic E-state index is -4.63. The van der Waals surface area contributed by atoms with Gasteiger partial charge in [0.25, 0.3) is 5.91 Å². The molecule has 3 aromatic rings. The van der Waals surface area contributed by atoms with E-state index in [9.17, 15) is 30.8 Å². The van der Waals surface area contributed by atoms with E-state index in [2.05, 4.69) is 5.32 Å². The standard InChI is InChI=1S/C23H20F4N2O4S/c1-34(31,32)29(14-16-6-8-17(24)9-7-16)18-10-12-19(13-11-18)33-15-22(30)28-21-5-3-2-4-20(21)23(25,26)27/h2-13H,14-15H2,1H3,(H,28,30). The molecule has 1 N–H and O–H groups in total. The predicted octanol–water partition coefficient (Wildman–Crippen LogP) is 4.83. The molecule has 0 saturated carbocycles. The Labute approximate surface area is 193 Å². The number of hydrogen-bond donors (Lipinski definition) is 1. The molecule has 0 spiro atoms. The molecule has 11 heteroatoms. The second-order valence-corrected chi connectivity index (χ2v) is 9.18. The average Bonchev–Trinajstić information content (AvgIpc) is 2.76. The van der Waals surface area contributed by atoms with Crippen molar-refractivity contribution in [3.63, 3.8) is 0 Å². The SMILES string of the molecule is CS(=O)(=O)N(Cc1ccc(F)cc1)c1ccc(OCC(=O)Nc2ccccc2C(F)(F)F)cc1. The van der Waals surface area contributed by atoms with Crippen LogP contribution in [0, 0.1) is 5.82 Å². The van der Waals surface area contributed by atoms with E-state index in [1.165, 1.54) is 60.7 Å². The van der Waals surface area contributed by atoms with Gasteiger partial charge in [0.15, 0.2) is 6.61 Å². The van der Waals surface area contributed by atoms with Gasteiger partial charge in [-0.15, -0.1) is 0 Å². The summed E-state index contributed by atoms with van der Waals surface area (Å²) in [6, 6.07) is 15.7. The Hall–Kier alpha value is -3.60. The molecule has 0 aliphatic rings. The smallest absolute Gasteiger partial charge is 0.418 e. The molecule has 3 aromatic carbocycles. The fourth-order valence-corrected chi connectivity index (χ4v) is 3.93. The quantitative estimate of drug-likeness (QED) is 0.454. The number of alkyl halides is 3. The van der Waals surface area contributed by atoms with Gasteiger partial charge < -0.3 is 10.1 Å². The van der Waals surface area contributed by atoms with Gasteiger partial charge >= 0.3 is 6.18 Å². The van der Waals surface area contributed by atoms with Crippen molar-refractivity contribution >= 4 is 27.3 Å². The molecular weight excluding hydrogens is 476 g/mol. The number of carbonyl (C=O) groups is 1. The molecule has 0 saturated heterocycles. The van der Waals surface area contributed by atoms with Crippen LogP contribution in [0.2, 0.25) is 0 Å². The van der Waals surface area contributed by atoms with E-state index >= 15 is 0 Å². The Kier molecular flexibility index (Phi) is 7.45. The van der Waals surface area contributed by atoms with Crippen molar-refractivity contribution in [3.8, 4) is 5.75 Å². The van der Waals surface area contributed by atoms with Crippen molar-refractivity contribution in [1.82, 2.24) is 0 Å². The fourth-order valence-electron chi connectivity index (χ4n) is 3.04. The lowest BCUT2D eigenvalue weighted by Gasteiger charge is -2.23. The number of para-hydroxylation sites is 1. The van der Waals surface area contributed by atoms with Gasteiger partial charge in [0.05, 0.1) is 29.7 Å². The molecule has 0 atom stereocenters. The highest BCUT2D eigenvalue weighted by Gasteiger charge is 2.33. The first kappa shape index (κ1) is 25.0. The molecule has 180 valence electrons. The van der Waals surface area contributed by atoms with Crippen molar-refractivity contribution in [3.05, 3.63) is 89.7 Å². The van der Waals surface area contributed by atoms with Crippen molar-refractivity contribution in [2.75, 3.05) is 22.5 Å². The zero-order valence-electron chi connectivity index (χ0n) is 17.8. The number of carbonyl (C=O) groups excluding carboxylic acids is 1. The zero-order chi connectivity index (χ0) is 24.9. The molecule has 34 heavy (non-hydrogen) atoms. The minimum absolute atomic E-state index is 0.0274. The predicted molar refractivity (Wildman–Crippen MR) is 119 cm³/mol. The van der Waals surface area contributed by atoms with E-state index in [1.54, 1.807) is 0 Å². The Balaban J connectivity index is 1.66. The van der Waals surface area contributed by atoms with Crippen LogP contribution in [0.4, 0.5) is 28.9 Å². The lowest BCUT2D eigenvalue weighted by molar-refractivity contribution is -0.137. The van der Waals surface area contributed by atoms with Crippen LogP contribution in [0.5, 0.6) is 5.75 Å². The number of anilines is 2. The van der Waals surface area contributed by atoms with Crippen LogP contribution in [0.15, 0.2) is 72.8 Å². The Morgan fingerprint density at radius 1 is 0.971 bits per heavy atom. The fraction of sp³-hybridized carbons (Fsp3) is 0.174. The third-order valence-corrected chi connectivity index (χ3v) is 5.78. The highest BCUT2D eigenvalue weighted by molar-refractivity contribution is 7.92. The summed E-state index contributed by atoms with van der Waals surface area (Å²) in [5.41, 5.74) is -0.482. The van der Waals surface area contributed by atoms with E-state index in [0.717, 1.165) is 22.7 Å². The van der Waals surface area contributed by atoms with Gasteiger partial charge in [0.1, 0.15) is 11.6 Å². The maximum absolute atomic E-state index is 13.1. The molecule has 0 aliphatic heterocycles. The molecule has 0 aliphatic carbocycles. The van der Waals surface area contributed by atoms with Crippen molar-refractivity contribution in [2.24, 2.45) is 0 Å². The normalized spacial score (nSPS) is 11.7. The van der Waals surface area contributed by atoms with E-state index < -0.39 is 40.1 Å². The summed E-state index contributed by atoms with van der Waals surface area (Å²) in [5, 5.41) is 2.17. The Morgan fingerprint density at radius 3 is 2.18 bits per heavy atom. The van der Waals surface area contributed by atoms with Crippen LogP contribution in [-0.2, 0) is 27.5 Å². The molecule has 1 amide bonds. The largest absolute Gasteiger partial charge is 0.484 e. The third-order valence-electron chi connectivity index (χ3n) is 4.64. The molecular formula is C23H20F4N2O4S. The van der Waals surface area contributed by atoms with Crippen LogP contribution in [0.25, 0.3) is 0 Å². The van der Waals surface area contributed by atoms with Crippen LogP contribution in [-0.4, -0.2) is 27.2 Å². The summed E-state index contributed by atoms with van der Waals surface area (Å²) in [7, 11) is -3.67. The molecule has 0 heterocycles. The van der Waals surface area contributed by atoms with Crippen LogP contribution >= 0.6 is 0 Å². The molecule has 3 rings (SSSR count). The number of hydrogen-bond acceptors (Lipinski definition) is 4. The van der Waals surface area contributed by atoms with Gasteiger partial charge in [-0.05, 0) is 54.1 Å². The molecule has 6 nitrogen and oxygen atoms in total. The first-order valence-corrected chi connectivity index (χ1v) is 11.7. The van der Waals surface area contributed by atoms with E-state index in [1.807, 2.05) is 0 Å². The van der Waals surface area contributed by atoms with Crippen LogP contribution in [0.1, 0.15) is 11.1 Å². The van der Waals surface area contributed by atoms with Crippen molar-refractivity contribution < 1.29 is 35.5 Å². The van der Waals surface area contributed by atoms with Crippen LogP contribution < -0.4 is 14.4 Å². The molecule has 0 aromatic heterocycles. The van der Waals surface area contributed by atoms with Gasteiger partial charge in [0, 0.05) is 0 Å². The lowest BCUT2D eigenvalue weighted by Crippen LogP contribution is -2.29. The maximum Gasteiger partial charge on any atom is 0.418 e. The number of sulfonamides is 1. The van der Waals surface area contributed by atoms with Crippen LogP contribution in [0.3, 0.4) is 0 Å². The number of nitrogens with zero attached hydrogens (tertiary/aromatic N) is 1. The summed E-state index contributed by atoms with van der Waals surface area (Å²) < 4.78 is 83.2. The summed E-state index contributed by atoms with van der Waals surface area (Å²) in [6.45, 7) is -0.586. The maximum atomic E-state index is 13.1. The molecule has 0 unspecified atom stereocenters. The summed E-state index contributed by atoms with van der Waals surface area (Å²) in [4.78, 5) is 12.1. The second-order valence-electron chi connectivity index (χ2n) is 7.27. The third kappa shape index (κ3) is 6.70. The number of benzene rings is 3. The highest BCUT2D eigenvalue weighted by atomic mass is 32.2. The zero-order valence-corrected chi connectivity index (χ0v) is 18.7. The number of amides is 1. The number of ether oxygens (including phenoxy) is 1. The Morgan fingerprint density at radius 2 is 1.59 bits per heavy atom. The van der Waals surface area contributed by atoms with E-state index in [0.29, 0.717) is 11.3 Å². The van der Waals surface area contributed by atoms with Gasteiger partial charge in [0.2, 0.25) is 10.0 Å². The lowest BCUT2D eigenvalue weighted by atomic mass is 10.1. The van der Waals surface area contributed by atoms with Gasteiger partial charge in [-0.25, -0.2) is 12.8 Å². The first-order chi connectivity index (χ1) is 15.9. The highest BCUT2D eigenvalue weighted by Crippen LogP contribution is 2.34. The van der Waals surface area contributed by atoms with Crippen molar-refractivity contribution in [1.29, 1.82) is 0 Å². The van der Waals surface area contributed by atoms with Gasteiger partial charge in [-0.3, -0.25) is 9.10 Å². The van der Waals surface area contributed by atoms with Crippen molar-refractivity contribution in [2.45, 2.75) is 12.7 Å². The second kappa shape index (κ2) is 10.1. The number of rotatable bonds is 8. The van der Waals surface area contributed by atoms with E-state index in [-0.39, 0.29) is 18.0 Å². The number of nitrogens with one attached hydrogen (secondary N) is 1. The average molecular weight is 496 g/mol. The number of halogens is 4. The monoisotopic (exact) mass is 496 g/mol. The summed E-state index contributed by atoms with van der Waals surface area (Å²) >= 11 is 0. The minimum Gasteiger partial charge on any atom is -0.484 e. The van der Waals surface area contributed by atoms with Gasteiger partial charge in [-0.1, -0.05) is 24.3 Å². The Bertz CT molecular complexity index is 1250. The van der Waals surface area contributed by atoms with Gasteiger partial charge in [-0.2, -0.15) is 13.2 Å². The van der Waals surface area contributed by atoms with E-state index in [4.69, 9.17) is 4.74 Å².